The van der Waals surface area contributed by atoms with Gasteiger partial charge in [-0.25, -0.2) is 4.57 Å². The predicted octanol–water partition coefficient (Wildman–Crippen LogP) is 1.68. The molecule has 0 fully saturated rings. The highest BCUT2D eigenvalue weighted by atomic mass is 31.2. The van der Waals surface area contributed by atoms with Gasteiger partial charge in [-0.05, 0) is 25.5 Å². The lowest BCUT2D eigenvalue weighted by Gasteiger charge is -2.10. The van der Waals surface area contributed by atoms with E-state index in [-0.39, 0.29) is 17.0 Å². The largest absolute Gasteiger partial charge is 0.524 e. The van der Waals surface area contributed by atoms with Crippen LogP contribution in [0, 0.1) is 24.0 Å². The quantitative estimate of drug-likeness (QED) is 0.477. The molecule has 2 N–H and O–H groups in total. The lowest BCUT2D eigenvalue weighted by atomic mass is 10.1. The maximum absolute atomic E-state index is 10.6. The molecule has 0 unspecified atom stereocenters. The first-order valence-corrected chi connectivity index (χ1v) is 5.74. The molecule has 0 aromatic heterocycles. The summed E-state index contributed by atoms with van der Waals surface area (Å²) in [6, 6.07) is 2.64. The number of nitro groups is 1. The van der Waals surface area contributed by atoms with Crippen molar-refractivity contribution in [1.82, 2.24) is 0 Å². The van der Waals surface area contributed by atoms with Crippen molar-refractivity contribution in [3.63, 3.8) is 0 Å². The van der Waals surface area contributed by atoms with E-state index in [2.05, 4.69) is 4.52 Å². The molecule has 0 saturated heterocycles. The highest BCUT2D eigenvalue weighted by Crippen LogP contribution is 2.41. The van der Waals surface area contributed by atoms with Gasteiger partial charge < -0.3 is 4.52 Å². The molecule has 0 heterocycles. The van der Waals surface area contributed by atoms with E-state index < -0.39 is 12.7 Å². The minimum absolute atomic E-state index is 0.0823. The van der Waals surface area contributed by atoms with Gasteiger partial charge in [-0.15, -0.1) is 0 Å². The third-order valence-corrected chi connectivity index (χ3v) is 2.33. The number of aryl methyl sites for hydroxylation is 1. The summed E-state index contributed by atoms with van der Waals surface area (Å²) in [5.74, 6) is -0.181. The van der Waals surface area contributed by atoms with Crippen molar-refractivity contribution >= 4 is 13.5 Å². The van der Waals surface area contributed by atoms with E-state index in [1.54, 1.807) is 6.92 Å². The molecular weight excluding hydrogens is 237 g/mol. The van der Waals surface area contributed by atoms with Crippen LogP contribution in [0.25, 0.3) is 0 Å². The van der Waals surface area contributed by atoms with E-state index in [1.165, 1.54) is 19.1 Å². The molecule has 1 rings (SSSR count). The number of benzene rings is 1. The summed E-state index contributed by atoms with van der Waals surface area (Å²) < 4.78 is 15.0. The molecule has 0 spiro atoms. The molecule has 16 heavy (non-hydrogen) atoms. The highest BCUT2D eigenvalue weighted by molar-refractivity contribution is 7.46. The summed E-state index contributed by atoms with van der Waals surface area (Å²) in [6.07, 6.45) is 0. The Morgan fingerprint density at radius 1 is 1.38 bits per heavy atom. The van der Waals surface area contributed by atoms with Crippen LogP contribution in [-0.4, -0.2) is 14.7 Å². The average molecular weight is 247 g/mol. The maximum Gasteiger partial charge on any atom is 0.524 e. The molecule has 0 aliphatic rings. The van der Waals surface area contributed by atoms with Crippen LogP contribution in [0.15, 0.2) is 12.1 Å². The second-order valence-corrected chi connectivity index (χ2v) is 4.41. The van der Waals surface area contributed by atoms with Gasteiger partial charge in [-0.2, -0.15) is 0 Å². The Morgan fingerprint density at radius 3 is 2.38 bits per heavy atom. The molecule has 0 bridgehead atoms. The summed E-state index contributed by atoms with van der Waals surface area (Å²) in [6.45, 7) is 2.93. The zero-order valence-electron chi connectivity index (χ0n) is 8.58. The zero-order valence-corrected chi connectivity index (χ0v) is 9.47. The molecule has 7 nitrogen and oxygen atoms in total. The number of phosphoric ester groups is 1. The van der Waals surface area contributed by atoms with Gasteiger partial charge in [0, 0.05) is 6.07 Å². The van der Waals surface area contributed by atoms with Gasteiger partial charge in [0.05, 0.1) is 10.5 Å². The van der Waals surface area contributed by atoms with Gasteiger partial charge >= 0.3 is 7.82 Å². The first-order chi connectivity index (χ1) is 7.20. The molecule has 0 aliphatic carbocycles. The van der Waals surface area contributed by atoms with Crippen molar-refractivity contribution < 1.29 is 23.8 Å². The summed E-state index contributed by atoms with van der Waals surface area (Å²) >= 11 is 0. The van der Waals surface area contributed by atoms with Crippen LogP contribution in [0.3, 0.4) is 0 Å². The topological polar surface area (TPSA) is 110 Å². The van der Waals surface area contributed by atoms with E-state index in [0.717, 1.165) is 0 Å². The Balaban J connectivity index is 3.30. The third kappa shape index (κ3) is 3.03. The van der Waals surface area contributed by atoms with E-state index in [9.17, 15) is 14.7 Å². The number of rotatable bonds is 3. The number of nitro benzene ring substituents is 1. The normalized spacial score (nSPS) is 11.2. The lowest BCUT2D eigenvalue weighted by Crippen LogP contribution is -1.98. The second kappa shape index (κ2) is 4.21. The molecule has 88 valence electrons. The Labute approximate surface area is 91.1 Å². The fraction of sp³-hybridized carbons (Fsp3) is 0.250. The lowest BCUT2D eigenvalue weighted by molar-refractivity contribution is -0.385. The van der Waals surface area contributed by atoms with Crippen LogP contribution in [0.5, 0.6) is 5.75 Å². The van der Waals surface area contributed by atoms with E-state index in [1.807, 2.05) is 0 Å². The first kappa shape index (κ1) is 12.6. The number of nitrogens with zero attached hydrogens (tertiary/aromatic N) is 1. The van der Waals surface area contributed by atoms with Gasteiger partial charge in [0.2, 0.25) is 0 Å². The monoisotopic (exact) mass is 247 g/mol. The minimum atomic E-state index is -4.71. The minimum Gasteiger partial charge on any atom is -0.404 e. The van der Waals surface area contributed by atoms with Crippen LogP contribution in [0.1, 0.15) is 11.1 Å². The van der Waals surface area contributed by atoms with Crippen LogP contribution in [0.4, 0.5) is 5.69 Å². The molecule has 0 aliphatic heterocycles. The Morgan fingerprint density at radius 2 is 1.94 bits per heavy atom. The fourth-order valence-electron chi connectivity index (χ4n) is 1.22. The first-order valence-electron chi connectivity index (χ1n) is 4.21. The Bertz CT molecular complexity index is 480. The van der Waals surface area contributed by atoms with E-state index in [4.69, 9.17) is 9.79 Å². The van der Waals surface area contributed by atoms with Gasteiger partial charge in [0.1, 0.15) is 5.75 Å². The molecule has 1 aromatic rings. The van der Waals surface area contributed by atoms with E-state index >= 15 is 0 Å². The van der Waals surface area contributed by atoms with Gasteiger partial charge in [-0.1, -0.05) is 0 Å². The van der Waals surface area contributed by atoms with Crippen molar-refractivity contribution in [2.24, 2.45) is 0 Å². The molecule has 8 heteroatoms. The van der Waals surface area contributed by atoms with Crippen molar-refractivity contribution in [2.75, 3.05) is 0 Å². The van der Waals surface area contributed by atoms with Crippen molar-refractivity contribution in [1.29, 1.82) is 0 Å². The standard InChI is InChI=1S/C8H10NO6P/c1-5-3-7(9(10)11)6(2)8(4-5)15-16(12,13)14/h3-4H,1-2H3,(H2,12,13,14). The van der Waals surface area contributed by atoms with Crippen LogP contribution in [0.2, 0.25) is 0 Å². The van der Waals surface area contributed by atoms with Crippen molar-refractivity contribution in [2.45, 2.75) is 13.8 Å². The van der Waals surface area contributed by atoms with Crippen LogP contribution in [-0.2, 0) is 4.57 Å². The maximum atomic E-state index is 10.6. The molecular formula is C8H10NO6P. The van der Waals surface area contributed by atoms with Crippen LogP contribution < -0.4 is 4.52 Å². The van der Waals surface area contributed by atoms with Crippen molar-refractivity contribution in [3.05, 3.63) is 33.4 Å². The second-order valence-electron chi connectivity index (χ2n) is 3.25. The van der Waals surface area contributed by atoms with E-state index in [0.29, 0.717) is 5.56 Å². The SMILES string of the molecule is Cc1cc(OP(=O)(O)O)c(C)c([N+](=O)[O-])c1. The summed E-state index contributed by atoms with van der Waals surface area (Å²) in [5.41, 5.74) is 0.336. The van der Waals surface area contributed by atoms with Gasteiger partial charge in [0.15, 0.2) is 0 Å². The Hall–Kier alpha value is -1.43. The molecule has 0 radical (unpaired) electrons. The van der Waals surface area contributed by atoms with Crippen molar-refractivity contribution in [3.8, 4) is 5.75 Å². The van der Waals surface area contributed by atoms with Crippen LogP contribution >= 0.6 is 7.82 Å². The summed E-state index contributed by atoms with van der Waals surface area (Å²) in [7, 11) is -4.71. The molecule has 0 saturated carbocycles. The summed E-state index contributed by atoms with van der Waals surface area (Å²) in [5, 5.41) is 10.6. The average Bonchev–Trinajstić information content (AvgIpc) is 2.07. The number of phosphoric acid groups is 1. The number of hydrogen-bond donors (Lipinski definition) is 2. The summed E-state index contributed by atoms with van der Waals surface area (Å²) in [4.78, 5) is 27.3. The fourth-order valence-corrected chi connectivity index (χ4v) is 1.67. The number of hydrogen-bond acceptors (Lipinski definition) is 4. The molecule has 1 aromatic carbocycles. The molecule has 0 amide bonds. The van der Waals surface area contributed by atoms with Gasteiger partial charge in [0.25, 0.3) is 5.69 Å². The van der Waals surface area contributed by atoms with Gasteiger partial charge in [-0.3, -0.25) is 19.9 Å². The predicted molar refractivity (Wildman–Crippen MR) is 55.2 cm³/mol. The third-order valence-electron chi connectivity index (χ3n) is 1.89. The highest BCUT2D eigenvalue weighted by Gasteiger charge is 2.22. The molecule has 0 atom stereocenters. The Kier molecular flexibility index (Phi) is 3.32. The zero-order chi connectivity index (χ0) is 12.5. The smallest absolute Gasteiger partial charge is 0.404 e.